The Labute approximate surface area is 77.1 Å². The van der Waals surface area contributed by atoms with Gasteiger partial charge in [-0.2, -0.15) is 5.26 Å². The van der Waals surface area contributed by atoms with Gasteiger partial charge in [0.05, 0.1) is 11.6 Å². The molecular formula is C11H9NO. The molecule has 0 bridgehead atoms. The number of carbonyl (C=O) groups excluding carboxylic acids is 1. The number of carbonyl (C=O) groups is 1. The van der Waals surface area contributed by atoms with Crippen LogP contribution >= 0.6 is 0 Å². The molecule has 0 aliphatic carbocycles. The van der Waals surface area contributed by atoms with Crippen molar-refractivity contribution < 1.29 is 4.79 Å². The van der Waals surface area contributed by atoms with Crippen molar-refractivity contribution >= 4 is 12.4 Å². The van der Waals surface area contributed by atoms with Gasteiger partial charge >= 0.3 is 0 Å². The van der Waals surface area contributed by atoms with E-state index < -0.39 is 0 Å². The molecule has 0 unspecified atom stereocenters. The van der Waals surface area contributed by atoms with E-state index in [-0.39, 0.29) is 0 Å². The summed E-state index contributed by atoms with van der Waals surface area (Å²) in [5.74, 6) is 0. The smallest absolute Gasteiger partial charge is 0.145 e. The number of benzene rings is 1. The molecular weight excluding hydrogens is 162 g/mol. The Kier molecular flexibility index (Phi) is 2.99. The average Bonchev–Trinajstić information content (AvgIpc) is 2.19. The summed E-state index contributed by atoms with van der Waals surface area (Å²) in [7, 11) is 0. The number of hydrogen-bond acceptors (Lipinski definition) is 2. The summed E-state index contributed by atoms with van der Waals surface area (Å²) in [6, 6.07) is 9.11. The minimum atomic E-state index is 0.626. The molecule has 13 heavy (non-hydrogen) atoms. The van der Waals surface area contributed by atoms with E-state index >= 15 is 0 Å². The quantitative estimate of drug-likeness (QED) is 0.505. The van der Waals surface area contributed by atoms with Crippen LogP contribution in [0, 0.1) is 11.3 Å². The average molecular weight is 171 g/mol. The molecule has 0 heterocycles. The summed E-state index contributed by atoms with van der Waals surface area (Å²) in [5.41, 5.74) is 2.23. The van der Waals surface area contributed by atoms with Crippen molar-refractivity contribution in [2.75, 3.05) is 0 Å². The van der Waals surface area contributed by atoms with Crippen LogP contribution in [0.2, 0.25) is 0 Å². The third-order valence-electron chi connectivity index (χ3n) is 1.62. The fourth-order valence-corrected chi connectivity index (χ4v) is 0.951. The van der Waals surface area contributed by atoms with Gasteiger partial charge < -0.3 is 0 Å². The van der Waals surface area contributed by atoms with Crippen LogP contribution in [-0.4, -0.2) is 6.29 Å². The second-order valence-electron chi connectivity index (χ2n) is 2.74. The van der Waals surface area contributed by atoms with Gasteiger partial charge in [0.25, 0.3) is 0 Å². The molecule has 1 aromatic rings. The fraction of sp³-hybridized carbons (Fsp3) is 0.0909. The molecule has 1 aromatic carbocycles. The van der Waals surface area contributed by atoms with Crippen LogP contribution in [0.1, 0.15) is 18.1 Å². The number of aldehydes is 1. The van der Waals surface area contributed by atoms with Crippen LogP contribution in [0.25, 0.3) is 6.08 Å². The largest absolute Gasteiger partial charge is 0.298 e. The molecule has 0 radical (unpaired) electrons. The zero-order chi connectivity index (χ0) is 9.68. The van der Waals surface area contributed by atoms with Gasteiger partial charge in [-0.25, -0.2) is 0 Å². The van der Waals surface area contributed by atoms with E-state index in [4.69, 9.17) is 5.26 Å². The zero-order valence-electron chi connectivity index (χ0n) is 7.32. The van der Waals surface area contributed by atoms with Gasteiger partial charge in [-0.3, -0.25) is 4.79 Å². The molecule has 0 aliphatic rings. The number of nitriles is 1. The summed E-state index contributed by atoms with van der Waals surface area (Å²) in [6.07, 6.45) is 2.58. The monoisotopic (exact) mass is 171 g/mol. The van der Waals surface area contributed by atoms with Gasteiger partial charge in [-0.1, -0.05) is 12.1 Å². The summed E-state index contributed by atoms with van der Waals surface area (Å²) in [4.78, 5) is 10.3. The van der Waals surface area contributed by atoms with Crippen LogP contribution in [0.4, 0.5) is 0 Å². The van der Waals surface area contributed by atoms with E-state index in [0.29, 0.717) is 11.1 Å². The second kappa shape index (κ2) is 4.22. The molecule has 0 amide bonds. The molecule has 0 spiro atoms. The Balaban J connectivity index is 2.94. The highest BCUT2D eigenvalue weighted by Crippen LogP contribution is 2.07. The lowest BCUT2D eigenvalue weighted by atomic mass is 10.1. The maximum absolute atomic E-state index is 10.3. The van der Waals surface area contributed by atoms with Gasteiger partial charge in [0.15, 0.2) is 0 Å². The van der Waals surface area contributed by atoms with Crippen LogP contribution in [0.5, 0.6) is 0 Å². The molecule has 0 aromatic heterocycles. The summed E-state index contributed by atoms with van der Waals surface area (Å²) < 4.78 is 0. The predicted molar refractivity (Wildman–Crippen MR) is 50.9 cm³/mol. The van der Waals surface area contributed by atoms with Crippen molar-refractivity contribution in [3.05, 3.63) is 41.0 Å². The van der Waals surface area contributed by atoms with E-state index in [1.165, 1.54) is 0 Å². The van der Waals surface area contributed by atoms with Crippen LogP contribution in [0.15, 0.2) is 29.8 Å². The first kappa shape index (κ1) is 9.21. The Hall–Kier alpha value is -1.88. The summed E-state index contributed by atoms with van der Waals surface area (Å²) >= 11 is 0. The van der Waals surface area contributed by atoms with Gasteiger partial charge in [0.1, 0.15) is 6.29 Å². The Morgan fingerprint density at radius 3 is 2.46 bits per heavy atom. The van der Waals surface area contributed by atoms with Crippen molar-refractivity contribution in [1.29, 1.82) is 5.26 Å². The molecule has 0 saturated heterocycles. The molecule has 0 aliphatic heterocycles. The van der Waals surface area contributed by atoms with Gasteiger partial charge in [-0.15, -0.1) is 0 Å². The molecule has 2 nitrogen and oxygen atoms in total. The van der Waals surface area contributed by atoms with E-state index in [1.807, 2.05) is 18.2 Å². The second-order valence-corrected chi connectivity index (χ2v) is 2.74. The Morgan fingerprint density at radius 2 is 2.00 bits per heavy atom. The minimum Gasteiger partial charge on any atom is -0.298 e. The maximum Gasteiger partial charge on any atom is 0.145 e. The molecule has 0 saturated carbocycles. The first-order chi connectivity index (χ1) is 6.26. The van der Waals surface area contributed by atoms with Crippen molar-refractivity contribution in [1.82, 2.24) is 0 Å². The standard InChI is InChI=1S/C11H9NO/c1-9(8-13)6-10-2-4-11(7-12)5-3-10/h2-6,8H,1H3/b9-6+. The Morgan fingerprint density at radius 1 is 1.38 bits per heavy atom. The number of nitrogens with zero attached hydrogens (tertiary/aromatic N) is 1. The summed E-state index contributed by atoms with van der Waals surface area (Å²) in [6.45, 7) is 1.74. The van der Waals surface area contributed by atoms with Crippen molar-refractivity contribution in [2.45, 2.75) is 6.92 Å². The zero-order valence-corrected chi connectivity index (χ0v) is 7.32. The van der Waals surface area contributed by atoms with Crippen molar-refractivity contribution in [3.8, 4) is 6.07 Å². The van der Waals surface area contributed by atoms with Crippen LogP contribution in [0.3, 0.4) is 0 Å². The van der Waals surface area contributed by atoms with Crippen molar-refractivity contribution in [2.24, 2.45) is 0 Å². The SMILES string of the molecule is C/C(C=O)=C\c1ccc(C#N)cc1. The first-order valence-corrected chi connectivity index (χ1v) is 3.90. The molecule has 1 rings (SSSR count). The van der Waals surface area contributed by atoms with Crippen molar-refractivity contribution in [3.63, 3.8) is 0 Å². The third kappa shape index (κ3) is 2.57. The molecule has 0 N–H and O–H groups in total. The van der Waals surface area contributed by atoms with Crippen LogP contribution in [-0.2, 0) is 4.79 Å². The maximum atomic E-state index is 10.3. The van der Waals surface area contributed by atoms with E-state index in [2.05, 4.69) is 0 Å². The van der Waals surface area contributed by atoms with E-state index in [0.717, 1.165) is 11.8 Å². The number of allylic oxidation sites excluding steroid dienone is 1. The Bertz CT molecular complexity index is 368. The topological polar surface area (TPSA) is 40.9 Å². The van der Waals surface area contributed by atoms with Gasteiger partial charge in [0.2, 0.25) is 0 Å². The predicted octanol–water partition coefficient (Wildman–Crippen LogP) is 2.16. The van der Waals surface area contributed by atoms with Gasteiger partial charge in [0, 0.05) is 0 Å². The summed E-state index contributed by atoms with van der Waals surface area (Å²) in [5, 5.41) is 8.53. The number of rotatable bonds is 2. The highest BCUT2D eigenvalue weighted by molar-refractivity contribution is 5.80. The molecule has 0 atom stereocenters. The first-order valence-electron chi connectivity index (χ1n) is 3.90. The molecule has 64 valence electrons. The minimum absolute atomic E-state index is 0.626. The lowest BCUT2D eigenvalue weighted by Gasteiger charge is -1.93. The fourth-order valence-electron chi connectivity index (χ4n) is 0.951. The van der Waals surface area contributed by atoms with E-state index in [9.17, 15) is 4.79 Å². The molecule has 0 fully saturated rings. The highest BCUT2D eigenvalue weighted by Gasteiger charge is 1.91. The van der Waals surface area contributed by atoms with Gasteiger partial charge in [-0.05, 0) is 36.3 Å². The normalized spacial score (nSPS) is 10.6. The highest BCUT2D eigenvalue weighted by atomic mass is 16.1. The lowest BCUT2D eigenvalue weighted by molar-refractivity contribution is -0.104. The number of hydrogen-bond donors (Lipinski definition) is 0. The lowest BCUT2D eigenvalue weighted by Crippen LogP contribution is -1.79. The van der Waals surface area contributed by atoms with Crippen LogP contribution < -0.4 is 0 Å². The van der Waals surface area contributed by atoms with E-state index in [1.54, 1.807) is 25.1 Å². The molecule has 2 heteroatoms. The third-order valence-corrected chi connectivity index (χ3v) is 1.62.